The molecule has 2 aliphatic heterocycles. The minimum absolute atomic E-state index is 0.151. The van der Waals surface area contributed by atoms with Crippen molar-refractivity contribution in [2.45, 2.75) is 47.0 Å². The number of amides is 1. The number of hydrogen-bond donors (Lipinski definition) is 0. The number of likely N-dealkylation sites (tertiary alicyclic amines) is 1. The first-order valence-corrected chi connectivity index (χ1v) is 12.9. The zero-order valence-electron chi connectivity index (χ0n) is 21.5. The second kappa shape index (κ2) is 10.8. The predicted molar refractivity (Wildman–Crippen MR) is 140 cm³/mol. The van der Waals surface area contributed by atoms with Crippen LogP contribution in [0.15, 0.2) is 42.5 Å². The molecule has 0 unspecified atom stereocenters. The van der Waals surface area contributed by atoms with Crippen LogP contribution in [0.4, 0.5) is 5.69 Å². The molecule has 1 amide bonds. The van der Waals surface area contributed by atoms with Gasteiger partial charge in [0, 0.05) is 50.5 Å². The highest BCUT2D eigenvalue weighted by molar-refractivity contribution is 5.96. The topological polar surface area (TPSA) is 36.0 Å². The van der Waals surface area contributed by atoms with E-state index >= 15 is 0 Å². The van der Waals surface area contributed by atoms with Crippen molar-refractivity contribution in [3.63, 3.8) is 0 Å². The molecule has 2 fully saturated rings. The lowest BCUT2D eigenvalue weighted by atomic mass is 9.84. The Labute approximate surface area is 205 Å². The molecule has 2 aromatic rings. The Morgan fingerprint density at radius 1 is 0.971 bits per heavy atom. The van der Waals surface area contributed by atoms with Gasteiger partial charge < -0.3 is 19.4 Å². The van der Waals surface area contributed by atoms with Gasteiger partial charge in [0.05, 0.1) is 6.61 Å². The van der Waals surface area contributed by atoms with Gasteiger partial charge in [-0.25, -0.2) is 0 Å². The normalized spacial score (nSPS) is 18.7. The first kappa shape index (κ1) is 24.6. The van der Waals surface area contributed by atoms with Gasteiger partial charge >= 0.3 is 0 Å². The van der Waals surface area contributed by atoms with Crippen LogP contribution < -0.4 is 9.64 Å². The lowest BCUT2D eigenvalue weighted by Gasteiger charge is -2.38. The maximum Gasteiger partial charge on any atom is 0.254 e. The van der Waals surface area contributed by atoms with Crippen LogP contribution in [0.25, 0.3) is 0 Å². The second-order valence-corrected chi connectivity index (χ2v) is 10.8. The summed E-state index contributed by atoms with van der Waals surface area (Å²) in [4.78, 5) is 19.9. The predicted octanol–water partition coefficient (Wildman–Crippen LogP) is 5.16. The number of anilines is 1. The molecule has 5 nitrogen and oxygen atoms in total. The van der Waals surface area contributed by atoms with Crippen molar-refractivity contribution in [1.82, 2.24) is 9.80 Å². The van der Waals surface area contributed by atoms with Crippen LogP contribution >= 0.6 is 0 Å². The minimum atomic E-state index is 0.151. The van der Waals surface area contributed by atoms with E-state index in [0.717, 1.165) is 62.6 Å². The number of nitrogens with zero attached hydrogens (tertiary/aromatic N) is 3. The highest BCUT2D eigenvalue weighted by Crippen LogP contribution is 2.28. The molecular formula is C29H41N3O2. The Morgan fingerprint density at radius 2 is 1.71 bits per heavy atom. The number of benzene rings is 2. The average Bonchev–Trinajstić information content (AvgIpc) is 2.83. The van der Waals surface area contributed by atoms with E-state index in [1.165, 1.54) is 37.2 Å². The summed E-state index contributed by atoms with van der Waals surface area (Å²) in [5, 5.41) is 0. The Bertz CT molecular complexity index is 962. The van der Waals surface area contributed by atoms with Gasteiger partial charge in [-0.05, 0) is 86.5 Å². The maximum absolute atomic E-state index is 13.0. The number of piperidine rings is 1. The molecule has 2 aliphatic rings. The summed E-state index contributed by atoms with van der Waals surface area (Å²) < 4.78 is 6.01. The van der Waals surface area contributed by atoms with Gasteiger partial charge in [0.25, 0.3) is 5.91 Å². The number of carbonyl (C=O) groups is 1. The zero-order chi connectivity index (χ0) is 24.1. The number of ether oxygens (including phenoxy) is 1. The molecule has 0 bridgehead atoms. The third kappa shape index (κ3) is 6.12. The van der Waals surface area contributed by atoms with Gasteiger partial charge in [-0.3, -0.25) is 4.79 Å². The fourth-order valence-corrected chi connectivity index (χ4v) is 5.29. The van der Waals surface area contributed by atoms with Crippen LogP contribution in [0.3, 0.4) is 0 Å². The van der Waals surface area contributed by atoms with Crippen molar-refractivity contribution in [2.75, 3.05) is 57.3 Å². The smallest absolute Gasteiger partial charge is 0.254 e. The van der Waals surface area contributed by atoms with E-state index in [2.05, 4.69) is 60.9 Å². The number of rotatable bonds is 7. The Balaban J connectivity index is 1.21. The molecule has 184 valence electrons. The molecule has 0 atom stereocenters. The molecule has 0 spiro atoms. The quantitative estimate of drug-likeness (QED) is 0.532. The fraction of sp³-hybridized carbons (Fsp3) is 0.552. The molecule has 2 heterocycles. The number of carbonyl (C=O) groups excluding carboxylic acids is 1. The number of hydrogen-bond acceptors (Lipinski definition) is 4. The third-order valence-corrected chi connectivity index (χ3v) is 7.47. The van der Waals surface area contributed by atoms with E-state index in [4.69, 9.17) is 4.74 Å². The molecule has 2 saturated heterocycles. The standard InChI is InChI=1S/C29H41N3O2/c1-23-8-5-9-27(24(23)2)28(33)32-19-17-31(18-20-32)25-10-12-26(13-11-25)34-21-7-16-30-15-6-14-29(3,4)22-30/h5,8-13H,6-7,14-22H2,1-4H3. The SMILES string of the molecule is Cc1cccc(C(=O)N2CCN(c3ccc(OCCCN4CCCC(C)(C)C4)cc3)CC2)c1C. The van der Waals surface area contributed by atoms with E-state index in [-0.39, 0.29) is 5.91 Å². The summed E-state index contributed by atoms with van der Waals surface area (Å²) >= 11 is 0. The Hall–Kier alpha value is -2.53. The highest BCUT2D eigenvalue weighted by Gasteiger charge is 2.26. The van der Waals surface area contributed by atoms with Gasteiger partial charge in [0.15, 0.2) is 0 Å². The van der Waals surface area contributed by atoms with Crippen LogP contribution in [0.1, 0.15) is 54.6 Å². The zero-order valence-corrected chi connectivity index (χ0v) is 21.5. The molecule has 0 N–H and O–H groups in total. The van der Waals surface area contributed by atoms with Crippen molar-refractivity contribution in [3.05, 3.63) is 59.2 Å². The third-order valence-electron chi connectivity index (χ3n) is 7.47. The van der Waals surface area contributed by atoms with Crippen molar-refractivity contribution in [2.24, 2.45) is 5.41 Å². The largest absolute Gasteiger partial charge is 0.494 e. The summed E-state index contributed by atoms with van der Waals surface area (Å²) in [6.07, 6.45) is 3.71. The Morgan fingerprint density at radius 3 is 2.41 bits per heavy atom. The van der Waals surface area contributed by atoms with Crippen LogP contribution in [0.2, 0.25) is 0 Å². The monoisotopic (exact) mass is 463 g/mol. The van der Waals surface area contributed by atoms with E-state index in [1.54, 1.807) is 0 Å². The van der Waals surface area contributed by atoms with Crippen molar-refractivity contribution in [3.8, 4) is 5.75 Å². The first-order valence-electron chi connectivity index (χ1n) is 12.9. The van der Waals surface area contributed by atoms with Crippen LogP contribution in [-0.2, 0) is 0 Å². The van der Waals surface area contributed by atoms with E-state index < -0.39 is 0 Å². The van der Waals surface area contributed by atoms with E-state index in [1.807, 2.05) is 24.0 Å². The van der Waals surface area contributed by atoms with Crippen LogP contribution in [0, 0.1) is 19.3 Å². The summed E-state index contributed by atoms with van der Waals surface area (Å²) in [5.74, 6) is 1.09. The second-order valence-electron chi connectivity index (χ2n) is 10.8. The Kier molecular flexibility index (Phi) is 7.82. The molecule has 5 heteroatoms. The van der Waals surface area contributed by atoms with Crippen molar-refractivity contribution in [1.29, 1.82) is 0 Å². The molecule has 34 heavy (non-hydrogen) atoms. The van der Waals surface area contributed by atoms with E-state index in [0.29, 0.717) is 5.41 Å². The summed E-state index contributed by atoms with van der Waals surface area (Å²) in [6.45, 7) is 16.3. The van der Waals surface area contributed by atoms with Gasteiger partial charge in [-0.15, -0.1) is 0 Å². The van der Waals surface area contributed by atoms with Gasteiger partial charge in [-0.1, -0.05) is 26.0 Å². The number of aryl methyl sites for hydroxylation is 1. The maximum atomic E-state index is 13.0. The molecule has 4 rings (SSSR count). The summed E-state index contributed by atoms with van der Waals surface area (Å²) in [6, 6.07) is 14.4. The van der Waals surface area contributed by atoms with Crippen molar-refractivity contribution >= 4 is 11.6 Å². The molecule has 0 aliphatic carbocycles. The van der Waals surface area contributed by atoms with Crippen LogP contribution in [-0.4, -0.2) is 68.1 Å². The minimum Gasteiger partial charge on any atom is -0.494 e. The summed E-state index contributed by atoms with van der Waals surface area (Å²) in [7, 11) is 0. The van der Waals surface area contributed by atoms with Gasteiger partial charge in [-0.2, -0.15) is 0 Å². The highest BCUT2D eigenvalue weighted by atomic mass is 16.5. The van der Waals surface area contributed by atoms with Crippen LogP contribution in [0.5, 0.6) is 5.75 Å². The number of piperazine rings is 1. The van der Waals surface area contributed by atoms with Gasteiger partial charge in [0.1, 0.15) is 5.75 Å². The molecular weight excluding hydrogens is 422 g/mol. The molecule has 0 aromatic heterocycles. The lowest BCUT2D eigenvalue weighted by Crippen LogP contribution is -2.49. The van der Waals surface area contributed by atoms with E-state index in [9.17, 15) is 4.79 Å². The van der Waals surface area contributed by atoms with Gasteiger partial charge in [0.2, 0.25) is 0 Å². The molecule has 0 saturated carbocycles. The molecule has 2 aromatic carbocycles. The average molecular weight is 464 g/mol. The fourth-order valence-electron chi connectivity index (χ4n) is 5.29. The summed E-state index contributed by atoms with van der Waals surface area (Å²) in [5.41, 5.74) is 4.74. The molecule has 0 radical (unpaired) electrons. The lowest BCUT2D eigenvalue weighted by molar-refractivity contribution is 0.0746. The first-order chi connectivity index (χ1) is 16.3. The van der Waals surface area contributed by atoms with Crippen molar-refractivity contribution < 1.29 is 9.53 Å².